The molecule has 7 nitrogen and oxygen atoms in total. The highest BCUT2D eigenvalue weighted by atomic mass is 35.5. The second kappa shape index (κ2) is 9.35. The van der Waals surface area contributed by atoms with Gasteiger partial charge in [0.15, 0.2) is 0 Å². The van der Waals surface area contributed by atoms with Crippen LogP contribution in [0.3, 0.4) is 0 Å². The molecular formula is C18H23ClN4O3. The number of ether oxygens (including phenoxy) is 1. The van der Waals surface area contributed by atoms with Gasteiger partial charge >= 0.3 is 0 Å². The standard InChI is InChI=1S/C18H22N4O3.ClH/c1-25-16-11-14-13(18(24)20-12-19-14)10-15(16)21-17(23)6-5-9-22-7-3-2-4-8-22;/h5-6,10-12H,2-4,7-9H2,1H3,(H,21,23)(H,19,20,24);1H. The van der Waals surface area contributed by atoms with Crippen molar-refractivity contribution >= 4 is 34.9 Å². The number of benzene rings is 1. The number of nitrogens with zero attached hydrogens (tertiary/aromatic N) is 2. The van der Waals surface area contributed by atoms with E-state index in [1.54, 1.807) is 12.1 Å². The molecule has 0 atom stereocenters. The number of nitrogens with one attached hydrogen (secondary N) is 2. The maximum Gasteiger partial charge on any atom is 0.258 e. The zero-order valence-corrected chi connectivity index (χ0v) is 15.5. The number of hydrogen-bond donors (Lipinski definition) is 2. The predicted octanol–water partition coefficient (Wildman–Crippen LogP) is 2.33. The molecule has 0 bridgehead atoms. The van der Waals surface area contributed by atoms with E-state index >= 15 is 0 Å². The molecule has 140 valence electrons. The van der Waals surface area contributed by atoms with E-state index in [2.05, 4.69) is 20.2 Å². The van der Waals surface area contributed by atoms with Crippen molar-refractivity contribution in [1.29, 1.82) is 0 Å². The molecule has 1 aliphatic rings. The van der Waals surface area contributed by atoms with Gasteiger partial charge in [-0.3, -0.25) is 14.5 Å². The van der Waals surface area contributed by atoms with Gasteiger partial charge in [-0.05, 0) is 32.0 Å². The summed E-state index contributed by atoms with van der Waals surface area (Å²) in [6.07, 6.45) is 8.45. The van der Waals surface area contributed by atoms with Crippen LogP contribution in [0.15, 0.2) is 35.4 Å². The van der Waals surface area contributed by atoms with Gasteiger partial charge in [-0.25, -0.2) is 4.98 Å². The average molecular weight is 379 g/mol. The molecule has 0 radical (unpaired) electrons. The van der Waals surface area contributed by atoms with E-state index < -0.39 is 0 Å². The van der Waals surface area contributed by atoms with Crippen molar-refractivity contribution in [2.24, 2.45) is 0 Å². The Bertz CT molecular complexity index is 844. The lowest BCUT2D eigenvalue weighted by atomic mass is 10.1. The zero-order chi connectivity index (χ0) is 17.6. The van der Waals surface area contributed by atoms with Crippen LogP contribution in [0.2, 0.25) is 0 Å². The highest BCUT2D eigenvalue weighted by molar-refractivity contribution is 6.02. The zero-order valence-electron chi connectivity index (χ0n) is 14.7. The number of likely N-dealkylation sites (tertiary alicyclic amines) is 1. The van der Waals surface area contributed by atoms with Crippen LogP contribution in [0.25, 0.3) is 10.9 Å². The third-order valence-corrected chi connectivity index (χ3v) is 4.30. The van der Waals surface area contributed by atoms with Gasteiger partial charge in [-0.2, -0.15) is 0 Å². The quantitative estimate of drug-likeness (QED) is 0.780. The summed E-state index contributed by atoms with van der Waals surface area (Å²) in [5.41, 5.74) is 0.698. The summed E-state index contributed by atoms with van der Waals surface area (Å²) >= 11 is 0. The number of H-pyrrole nitrogens is 1. The molecule has 8 heteroatoms. The minimum absolute atomic E-state index is 0. The largest absolute Gasteiger partial charge is 0.494 e. The van der Waals surface area contributed by atoms with Crippen molar-refractivity contribution in [1.82, 2.24) is 14.9 Å². The lowest BCUT2D eigenvalue weighted by Crippen LogP contribution is -2.29. The SMILES string of the molecule is COc1cc2nc[nH]c(=O)c2cc1NC(=O)C=CCN1CCCCC1.Cl. The van der Waals surface area contributed by atoms with Crippen LogP contribution in [0.1, 0.15) is 19.3 Å². The number of aromatic amines is 1. The summed E-state index contributed by atoms with van der Waals surface area (Å²) in [5, 5.41) is 3.17. The number of halogens is 1. The van der Waals surface area contributed by atoms with Crippen molar-refractivity contribution in [2.75, 3.05) is 32.1 Å². The molecule has 1 aliphatic heterocycles. The fourth-order valence-electron chi connectivity index (χ4n) is 2.99. The normalized spacial score (nSPS) is 15.0. The Morgan fingerprint density at radius 2 is 2.12 bits per heavy atom. The maximum absolute atomic E-state index is 12.2. The summed E-state index contributed by atoms with van der Waals surface area (Å²) in [6.45, 7) is 2.94. The van der Waals surface area contributed by atoms with Crippen LogP contribution in [0.4, 0.5) is 5.69 Å². The molecule has 1 amide bonds. The van der Waals surface area contributed by atoms with Crippen LogP contribution in [-0.2, 0) is 4.79 Å². The van der Waals surface area contributed by atoms with E-state index in [1.807, 2.05) is 6.08 Å². The van der Waals surface area contributed by atoms with E-state index in [0.717, 1.165) is 19.6 Å². The van der Waals surface area contributed by atoms with Gasteiger partial charge in [0.2, 0.25) is 5.91 Å². The summed E-state index contributed by atoms with van der Waals surface area (Å²) < 4.78 is 5.29. The molecule has 2 heterocycles. The Hall–Kier alpha value is -2.38. The number of piperidine rings is 1. The Kier molecular flexibility index (Phi) is 7.17. The Morgan fingerprint density at radius 1 is 1.35 bits per heavy atom. The van der Waals surface area contributed by atoms with Crippen molar-refractivity contribution in [2.45, 2.75) is 19.3 Å². The van der Waals surface area contributed by atoms with Gasteiger partial charge in [-0.1, -0.05) is 12.5 Å². The van der Waals surface area contributed by atoms with Crippen LogP contribution in [-0.4, -0.2) is 47.5 Å². The van der Waals surface area contributed by atoms with Gasteiger partial charge in [0.1, 0.15) is 5.75 Å². The molecular weight excluding hydrogens is 356 g/mol. The maximum atomic E-state index is 12.2. The Labute approximate surface area is 157 Å². The molecule has 26 heavy (non-hydrogen) atoms. The summed E-state index contributed by atoms with van der Waals surface area (Å²) in [4.78, 5) is 33.0. The van der Waals surface area contributed by atoms with Gasteiger partial charge < -0.3 is 15.0 Å². The van der Waals surface area contributed by atoms with Gasteiger partial charge in [-0.15, -0.1) is 12.4 Å². The molecule has 1 aromatic heterocycles. The predicted molar refractivity (Wildman–Crippen MR) is 104 cm³/mol. The van der Waals surface area contributed by atoms with Crippen molar-refractivity contribution in [3.05, 3.63) is 41.0 Å². The van der Waals surface area contributed by atoms with Gasteiger partial charge in [0.25, 0.3) is 5.56 Å². The fourth-order valence-corrected chi connectivity index (χ4v) is 2.99. The number of methoxy groups -OCH3 is 1. The Balaban J connectivity index is 0.00000243. The van der Waals surface area contributed by atoms with Crippen molar-refractivity contribution in [3.8, 4) is 5.75 Å². The van der Waals surface area contributed by atoms with E-state index in [4.69, 9.17) is 4.74 Å². The minimum Gasteiger partial charge on any atom is -0.494 e. The van der Waals surface area contributed by atoms with Gasteiger partial charge in [0, 0.05) is 18.7 Å². The molecule has 3 rings (SSSR count). The molecule has 2 aromatic rings. The van der Waals surface area contributed by atoms with E-state index in [-0.39, 0.29) is 23.9 Å². The van der Waals surface area contributed by atoms with Crippen molar-refractivity contribution < 1.29 is 9.53 Å². The number of fused-ring (bicyclic) bond motifs is 1. The Morgan fingerprint density at radius 3 is 2.85 bits per heavy atom. The lowest BCUT2D eigenvalue weighted by molar-refractivity contribution is -0.111. The van der Waals surface area contributed by atoms with Crippen LogP contribution in [0, 0.1) is 0 Å². The summed E-state index contributed by atoms with van der Waals surface area (Å²) in [5.74, 6) is 0.207. The number of aromatic nitrogens is 2. The molecule has 2 N–H and O–H groups in total. The van der Waals surface area contributed by atoms with Crippen LogP contribution in [0.5, 0.6) is 5.75 Å². The first-order valence-corrected chi connectivity index (χ1v) is 8.42. The smallest absolute Gasteiger partial charge is 0.258 e. The molecule has 0 aliphatic carbocycles. The van der Waals surface area contributed by atoms with Crippen LogP contribution < -0.4 is 15.6 Å². The minimum atomic E-state index is -0.260. The molecule has 0 saturated carbocycles. The molecule has 0 spiro atoms. The highest BCUT2D eigenvalue weighted by Crippen LogP contribution is 2.27. The number of hydrogen-bond acceptors (Lipinski definition) is 5. The number of rotatable bonds is 5. The number of anilines is 1. The fraction of sp³-hybridized carbons (Fsp3) is 0.389. The topological polar surface area (TPSA) is 87.3 Å². The van der Waals surface area contributed by atoms with E-state index in [0.29, 0.717) is 22.3 Å². The summed E-state index contributed by atoms with van der Waals surface area (Å²) in [6, 6.07) is 3.22. The second-order valence-electron chi connectivity index (χ2n) is 6.05. The number of amides is 1. The summed E-state index contributed by atoms with van der Waals surface area (Å²) in [7, 11) is 1.51. The molecule has 1 aromatic carbocycles. The van der Waals surface area contributed by atoms with Crippen LogP contribution >= 0.6 is 12.4 Å². The first-order chi connectivity index (χ1) is 12.2. The average Bonchev–Trinajstić information content (AvgIpc) is 2.63. The van der Waals surface area contributed by atoms with Crippen molar-refractivity contribution in [3.63, 3.8) is 0 Å². The first kappa shape index (κ1) is 19.9. The third-order valence-electron chi connectivity index (χ3n) is 4.30. The highest BCUT2D eigenvalue weighted by Gasteiger charge is 2.11. The monoisotopic (exact) mass is 378 g/mol. The number of carbonyl (C=O) groups is 1. The van der Waals surface area contributed by atoms with E-state index in [9.17, 15) is 9.59 Å². The van der Waals surface area contributed by atoms with E-state index in [1.165, 1.54) is 38.8 Å². The van der Waals surface area contributed by atoms with Gasteiger partial charge in [0.05, 0.1) is 30.0 Å². The number of carbonyl (C=O) groups excluding carboxylic acids is 1. The second-order valence-corrected chi connectivity index (χ2v) is 6.05. The first-order valence-electron chi connectivity index (χ1n) is 8.42. The molecule has 0 unspecified atom stereocenters. The lowest BCUT2D eigenvalue weighted by Gasteiger charge is -2.24. The molecule has 1 saturated heterocycles. The third kappa shape index (κ3) is 4.83. The molecule has 1 fully saturated rings.